The topological polar surface area (TPSA) is 41.6 Å². The van der Waals surface area contributed by atoms with Crippen LogP contribution in [0.3, 0.4) is 0 Å². The van der Waals surface area contributed by atoms with Gasteiger partial charge in [0.05, 0.1) is 7.11 Å². The Balaban J connectivity index is 2.01. The van der Waals surface area contributed by atoms with Crippen molar-refractivity contribution in [3.05, 3.63) is 36.9 Å². The van der Waals surface area contributed by atoms with Crippen LogP contribution in [0.1, 0.15) is 32.1 Å². The number of benzene rings is 1. The number of urea groups is 1. The van der Waals surface area contributed by atoms with Crippen molar-refractivity contribution in [1.29, 1.82) is 0 Å². The normalized spacial score (nSPS) is 15.3. The molecular formula is C17H24N2O2. The molecule has 2 amide bonds. The molecule has 4 heteroatoms. The molecule has 21 heavy (non-hydrogen) atoms. The minimum Gasteiger partial charge on any atom is -0.497 e. The summed E-state index contributed by atoms with van der Waals surface area (Å²) in [5.74, 6) is 0.781. The van der Waals surface area contributed by atoms with Gasteiger partial charge in [0.1, 0.15) is 5.75 Å². The Morgan fingerprint density at radius 1 is 1.33 bits per heavy atom. The van der Waals surface area contributed by atoms with E-state index in [2.05, 4.69) is 11.9 Å². The van der Waals surface area contributed by atoms with E-state index in [9.17, 15) is 4.79 Å². The molecule has 1 fully saturated rings. The highest BCUT2D eigenvalue weighted by atomic mass is 16.5. The number of amides is 2. The van der Waals surface area contributed by atoms with Gasteiger partial charge in [-0.3, -0.25) is 0 Å². The minimum absolute atomic E-state index is 0.0491. The highest BCUT2D eigenvalue weighted by Crippen LogP contribution is 2.23. The zero-order valence-corrected chi connectivity index (χ0v) is 12.7. The van der Waals surface area contributed by atoms with Crippen LogP contribution in [-0.4, -0.2) is 30.6 Å². The first-order valence-corrected chi connectivity index (χ1v) is 7.57. The highest BCUT2D eigenvalue weighted by Gasteiger charge is 2.24. The summed E-state index contributed by atoms with van der Waals surface area (Å²) in [5.41, 5.74) is 0.783. The van der Waals surface area contributed by atoms with Gasteiger partial charge in [0, 0.05) is 18.3 Å². The standard InChI is InChI=1S/C17H24N2O2/c1-3-13-19(15-7-5-4-6-8-15)17(20)18-14-9-11-16(21-2)12-10-14/h3,9-12,15H,1,4-8,13H2,2H3,(H,18,20). The molecule has 1 aliphatic rings. The Labute approximate surface area is 126 Å². The van der Waals surface area contributed by atoms with Crippen LogP contribution >= 0.6 is 0 Å². The van der Waals surface area contributed by atoms with Gasteiger partial charge < -0.3 is 15.0 Å². The summed E-state index contributed by atoms with van der Waals surface area (Å²) >= 11 is 0. The number of carbonyl (C=O) groups is 1. The Kier molecular flexibility index (Phi) is 5.67. The molecule has 1 aliphatic carbocycles. The second-order valence-electron chi connectivity index (χ2n) is 5.39. The third-order valence-corrected chi connectivity index (χ3v) is 3.94. The average Bonchev–Trinajstić information content (AvgIpc) is 2.54. The lowest BCUT2D eigenvalue weighted by Crippen LogP contribution is -2.43. The number of hydrogen-bond acceptors (Lipinski definition) is 2. The van der Waals surface area contributed by atoms with E-state index in [4.69, 9.17) is 4.74 Å². The van der Waals surface area contributed by atoms with Crippen LogP contribution in [0.4, 0.5) is 10.5 Å². The maximum Gasteiger partial charge on any atom is 0.322 e. The fourth-order valence-electron chi connectivity index (χ4n) is 2.80. The lowest BCUT2D eigenvalue weighted by Gasteiger charge is -2.33. The van der Waals surface area contributed by atoms with Crippen LogP contribution in [0.15, 0.2) is 36.9 Å². The molecule has 1 aromatic rings. The molecule has 0 unspecified atom stereocenters. The predicted molar refractivity (Wildman–Crippen MR) is 85.8 cm³/mol. The van der Waals surface area contributed by atoms with Crippen LogP contribution in [0.2, 0.25) is 0 Å². The average molecular weight is 288 g/mol. The van der Waals surface area contributed by atoms with Gasteiger partial charge in [-0.15, -0.1) is 6.58 Å². The van der Waals surface area contributed by atoms with Gasteiger partial charge >= 0.3 is 6.03 Å². The van der Waals surface area contributed by atoms with Gasteiger partial charge in [-0.25, -0.2) is 4.79 Å². The van der Waals surface area contributed by atoms with E-state index < -0.39 is 0 Å². The van der Waals surface area contributed by atoms with Crippen molar-refractivity contribution in [3.8, 4) is 5.75 Å². The van der Waals surface area contributed by atoms with E-state index in [-0.39, 0.29) is 6.03 Å². The molecule has 0 aromatic heterocycles. The van der Waals surface area contributed by atoms with Crippen LogP contribution in [0.5, 0.6) is 5.75 Å². The number of nitrogens with zero attached hydrogens (tertiary/aromatic N) is 1. The molecule has 0 bridgehead atoms. The van der Waals surface area contributed by atoms with E-state index in [1.807, 2.05) is 29.2 Å². The van der Waals surface area contributed by atoms with Crippen molar-refractivity contribution in [3.63, 3.8) is 0 Å². The monoisotopic (exact) mass is 288 g/mol. The molecule has 4 nitrogen and oxygen atoms in total. The van der Waals surface area contributed by atoms with Crippen LogP contribution in [0, 0.1) is 0 Å². The molecule has 2 rings (SSSR count). The van der Waals surface area contributed by atoms with Gasteiger partial charge in [0.2, 0.25) is 0 Å². The van der Waals surface area contributed by atoms with Gasteiger partial charge in [-0.2, -0.15) is 0 Å². The molecule has 114 valence electrons. The zero-order valence-electron chi connectivity index (χ0n) is 12.7. The van der Waals surface area contributed by atoms with Crippen LogP contribution in [-0.2, 0) is 0 Å². The number of anilines is 1. The summed E-state index contributed by atoms with van der Waals surface area (Å²) < 4.78 is 5.12. The van der Waals surface area contributed by atoms with Crippen molar-refractivity contribution in [1.82, 2.24) is 4.90 Å². The van der Waals surface area contributed by atoms with Gasteiger partial charge in [-0.1, -0.05) is 25.3 Å². The minimum atomic E-state index is -0.0491. The first-order valence-electron chi connectivity index (χ1n) is 7.57. The summed E-state index contributed by atoms with van der Waals surface area (Å²) in [4.78, 5) is 14.4. The smallest absolute Gasteiger partial charge is 0.322 e. The van der Waals surface area contributed by atoms with Crippen molar-refractivity contribution >= 4 is 11.7 Å². The van der Waals surface area contributed by atoms with Crippen molar-refractivity contribution in [2.45, 2.75) is 38.1 Å². The maximum absolute atomic E-state index is 12.5. The first kappa shape index (κ1) is 15.4. The summed E-state index contributed by atoms with van der Waals surface area (Å²) in [6.07, 6.45) is 7.65. The quantitative estimate of drug-likeness (QED) is 0.831. The highest BCUT2D eigenvalue weighted by molar-refractivity contribution is 5.89. The molecule has 0 spiro atoms. The number of nitrogens with one attached hydrogen (secondary N) is 1. The Hall–Kier alpha value is -1.97. The fraction of sp³-hybridized carbons (Fsp3) is 0.471. The molecule has 0 heterocycles. The van der Waals surface area contributed by atoms with Crippen molar-refractivity contribution in [2.75, 3.05) is 19.0 Å². The number of methoxy groups -OCH3 is 1. The van der Waals surface area contributed by atoms with Crippen LogP contribution in [0.25, 0.3) is 0 Å². The maximum atomic E-state index is 12.5. The second kappa shape index (κ2) is 7.72. The number of carbonyl (C=O) groups excluding carboxylic acids is 1. The summed E-state index contributed by atoms with van der Waals surface area (Å²) in [6.45, 7) is 4.36. The van der Waals surface area contributed by atoms with Gasteiger partial charge in [-0.05, 0) is 37.1 Å². The molecule has 0 radical (unpaired) electrons. The molecule has 0 aliphatic heterocycles. The number of hydrogen-bond donors (Lipinski definition) is 1. The summed E-state index contributed by atoms with van der Waals surface area (Å²) in [7, 11) is 1.63. The summed E-state index contributed by atoms with van der Waals surface area (Å²) in [6, 6.07) is 7.66. The fourth-order valence-corrected chi connectivity index (χ4v) is 2.80. The summed E-state index contributed by atoms with van der Waals surface area (Å²) in [5, 5.41) is 2.96. The number of ether oxygens (including phenoxy) is 1. The second-order valence-corrected chi connectivity index (χ2v) is 5.39. The molecule has 1 aromatic carbocycles. The largest absolute Gasteiger partial charge is 0.497 e. The molecule has 1 N–H and O–H groups in total. The molecule has 1 saturated carbocycles. The first-order chi connectivity index (χ1) is 10.2. The molecular weight excluding hydrogens is 264 g/mol. The zero-order chi connectivity index (χ0) is 15.1. The third kappa shape index (κ3) is 4.25. The van der Waals surface area contributed by atoms with Crippen LogP contribution < -0.4 is 10.1 Å². The Morgan fingerprint density at radius 2 is 2.00 bits per heavy atom. The predicted octanol–water partition coefficient (Wildman–Crippen LogP) is 4.05. The Morgan fingerprint density at radius 3 is 2.57 bits per heavy atom. The van der Waals surface area contributed by atoms with E-state index in [1.165, 1.54) is 19.3 Å². The van der Waals surface area contributed by atoms with Crippen molar-refractivity contribution in [2.24, 2.45) is 0 Å². The van der Waals surface area contributed by atoms with E-state index in [0.717, 1.165) is 24.3 Å². The Bertz CT molecular complexity index is 464. The van der Waals surface area contributed by atoms with Gasteiger partial charge in [0.25, 0.3) is 0 Å². The number of rotatable bonds is 5. The van der Waals surface area contributed by atoms with E-state index in [1.54, 1.807) is 13.2 Å². The SMILES string of the molecule is C=CCN(C(=O)Nc1ccc(OC)cc1)C1CCCCC1. The lowest BCUT2D eigenvalue weighted by atomic mass is 9.94. The third-order valence-electron chi connectivity index (χ3n) is 3.94. The van der Waals surface area contributed by atoms with E-state index >= 15 is 0 Å². The molecule has 0 atom stereocenters. The molecule has 0 saturated heterocycles. The lowest BCUT2D eigenvalue weighted by molar-refractivity contribution is 0.176. The van der Waals surface area contributed by atoms with Crippen molar-refractivity contribution < 1.29 is 9.53 Å². The van der Waals surface area contributed by atoms with Gasteiger partial charge in [0.15, 0.2) is 0 Å². The van der Waals surface area contributed by atoms with E-state index in [0.29, 0.717) is 12.6 Å².